The van der Waals surface area contributed by atoms with Crippen molar-refractivity contribution in [3.8, 4) is 6.07 Å². The number of esters is 1. The molecule has 1 aliphatic rings. The molecule has 0 aliphatic carbocycles. The summed E-state index contributed by atoms with van der Waals surface area (Å²) in [5.74, 6) is -0.770. The lowest BCUT2D eigenvalue weighted by Gasteiger charge is -2.36. The molecular formula is C17H20FN5O5. The van der Waals surface area contributed by atoms with Crippen molar-refractivity contribution in [2.75, 3.05) is 12.8 Å². The van der Waals surface area contributed by atoms with Gasteiger partial charge in [-0.05, 0) is 26.0 Å². The molecule has 1 fully saturated rings. The number of nitriles is 1. The number of ether oxygens (including phenoxy) is 2. The quantitative estimate of drug-likeness (QED) is 0.604. The Bertz CT molecular complexity index is 957. The molecule has 1 unspecified atom stereocenters. The lowest BCUT2D eigenvalue weighted by molar-refractivity contribution is -0.169. The maximum Gasteiger partial charge on any atom is 0.314 e. The molecule has 10 nitrogen and oxygen atoms in total. The third kappa shape index (κ3) is 2.61. The predicted molar refractivity (Wildman–Crippen MR) is 92.3 cm³/mol. The van der Waals surface area contributed by atoms with Crippen molar-refractivity contribution in [1.82, 2.24) is 14.6 Å². The highest BCUT2D eigenvalue weighted by Gasteiger charge is 2.65. The molecule has 1 aliphatic heterocycles. The van der Waals surface area contributed by atoms with Gasteiger partial charge in [0.25, 0.3) is 0 Å². The zero-order valence-electron chi connectivity index (χ0n) is 15.4. The molecule has 28 heavy (non-hydrogen) atoms. The summed E-state index contributed by atoms with van der Waals surface area (Å²) in [5, 5.41) is 34.8. The maximum absolute atomic E-state index is 15.4. The van der Waals surface area contributed by atoms with Crippen LogP contribution in [0.1, 0.15) is 25.6 Å². The smallest absolute Gasteiger partial charge is 0.314 e. The van der Waals surface area contributed by atoms with E-state index in [-0.39, 0.29) is 11.5 Å². The SMILES string of the molecule is COC(=O)C(C)(C)C(F)[C@]1(C#N)O[C@@H](c2ccc3c(N)ncnn23)[C@H](O)[C@@H]1O. The summed E-state index contributed by atoms with van der Waals surface area (Å²) in [6.07, 6.45) is -6.04. The molecule has 2 aromatic rings. The Morgan fingerprint density at radius 1 is 1.54 bits per heavy atom. The number of fused-ring (bicyclic) bond motifs is 1. The van der Waals surface area contributed by atoms with Gasteiger partial charge in [-0.1, -0.05) is 0 Å². The zero-order valence-corrected chi connectivity index (χ0v) is 15.4. The minimum Gasteiger partial charge on any atom is -0.469 e. The number of hydrogen-bond donors (Lipinski definition) is 3. The molecule has 150 valence electrons. The van der Waals surface area contributed by atoms with E-state index in [0.29, 0.717) is 5.52 Å². The van der Waals surface area contributed by atoms with Gasteiger partial charge in [-0.2, -0.15) is 10.4 Å². The highest BCUT2D eigenvalue weighted by molar-refractivity contribution is 5.77. The Labute approximate surface area is 159 Å². The third-order valence-electron chi connectivity index (χ3n) is 5.09. The van der Waals surface area contributed by atoms with Gasteiger partial charge in [0.05, 0.1) is 18.2 Å². The van der Waals surface area contributed by atoms with Crippen molar-refractivity contribution in [2.24, 2.45) is 5.41 Å². The van der Waals surface area contributed by atoms with Gasteiger partial charge in [0, 0.05) is 0 Å². The van der Waals surface area contributed by atoms with Crippen molar-refractivity contribution in [3.63, 3.8) is 0 Å². The minimum absolute atomic E-state index is 0.163. The maximum atomic E-state index is 15.4. The van der Waals surface area contributed by atoms with E-state index in [0.717, 1.165) is 7.11 Å². The number of carbonyl (C=O) groups is 1. The number of hydrogen-bond acceptors (Lipinski definition) is 9. The Morgan fingerprint density at radius 2 is 2.21 bits per heavy atom. The number of methoxy groups -OCH3 is 1. The highest BCUT2D eigenvalue weighted by atomic mass is 19.1. The number of aliphatic hydroxyl groups is 2. The number of nitrogen functional groups attached to an aromatic ring is 1. The van der Waals surface area contributed by atoms with E-state index in [1.54, 1.807) is 12.1 Å². The number of nitrogens with two attached hydrogens (primary N) is 1. The molecule has 4 N–H and O–H groups in total. The van der Waals surface area contributed by atoms with Crippen LogP contribution < -0.4 is 5.73 Å². The van der Waals surface area contributed by atoms with Gasteiger partial charge in [-0.25, -0.2) is 13.9 Å². The monoisotopic (exact) mass is 393 g/mol. The number of aliphatic hydroxyl groups excluding tert-OH is 2. The van der Waals surface area contributed by atoms with E-state index in [4.69, 9.17) is 10.5 Å². The molecule has 11 heteroatoms. The van der Waals surface area contributed by atoms with E-state index in [2.05, 4.69) is 14.8 Å². The highest BCUT2D eigenvalue weighted by Crippen LogP contribution is 2.47. The van der Waals surface area contributed by atoms with Crippen molar-refractivity contribution < 1.29 is 28.9 Å². The molecule has 0 amide bonds. The molecule has 0 bridgehead atoms. The van der Waals surface area contributed by atoms with Gasteiger partial charge in [-0.3, -0.25) is 4.79 Å². The van der Waals surface area contributed by atoms with Crippen LogP contribution in [0.25, 0.3) is 5.52 Å². The second-order valence-electron chi connectivity index (χ2n) is 7.16. The summed E-state index contributed by atoms with van der Waals surface area (Å²) in [6.45, 7) is 2.44. The minimum atomic E-state index is -2.51. The first kappa shape index (κ1) is 19.9. The normalized spacial score (nSPS) is 28.8. The van der Waals surface area contributed by atoms with Gasteiger partial charge < -0.3 is 25.4 Å². The molecule has 5 atom stereocenters. The molecule has 3 rings (SSSR count). The third-order valence-corrected chi connectivity index (χ3v) is 5.09. The summed E-state index contributed by atoms with van der Waals surface area (Å²) in [7, 11) is 1.08. The molecule has 3 heterocycles. The number of alkyl halides is 1. The molecule has 0 aromatic carbocycles. The first-order valence-electron chi connectivity index (χ1n) is 8.37. The fraction of sp³-hybridized carbons (Fsp3) is 0.529. The molecule has 0 spiro atoms. The largest absolute Gasteiger partial charge is 0.469 e. The average molecular weight is 393 g/mol. The zero-order chi connectivity index (χ0) is 20.9. The number of nitrogens with zero attached hydrogens (tertiary/aromatic N) is 4. The van der Waals surface area contributed by atoms with Crippen LogP contribution in [0.2, 0.25) is 0 Å². The number of halogens is 1. The topological polar surface area (TPSA) is 156 Å². The molecule has 0 saturated carbocycles. The van der Waals surface area contributed by atoms with E-state index in [1.165, 1.54) is 30.8 Å². The van der Waals surface area contributed by atoms with Crippen LogP contribution >= 0.6 is 0 Å². The lowest BCUT2D eigenvalue weighted by atomic mass is 9.76. The van der Waals surface area contributed by atoms with Crippen molar-refractivity contribution in [3.05, 3.63) is 24.2 Å². The second kappa shape index (κ2) is 6.66. The summed E-state index contributed by atoms with van der Waals surface area (Å²) >= 11 is 0. The van der Waals surface area contributed by atoms with Crippen LogP contribution in [0.5, 0.6) is 0 Å². The molecular weight excluding hydrogens is 373 g/mol. The second-order valence-corrected chi connectivity index (χ2v) is 7.16. The van der Waals surface area contributed by atoms with Crippen LogP contribution in [0.15, 0.2) is 18.5 Å². The average Bonchev–Trinajstić information content (AvgIpc) is 3.22. The first-order valence-corrected chi connectivity index (χ1v) is 8.37. The van der Waals surface area contributed by atoms with Crippen LogP contribution in [0, 0.1) is 16.7 Å². The number of aromatic nitrogens is 3. The van der Waals surface area contributed by atoms with Gasteiger partial charge in [0.15, 0.2) is 12.0 Å². The Hall–Kier alpha value is -2.81. The Kier molecular flexibility index (Phi) is 4.74. The lowest BCUT2D eigenvalue weighted by Crippen LogP contribution is -2.56. The Balaban J connectivity index is 2.06. The summed E-state index contributed by atoms with van der Waals surface area (Å²) in [4.78, 5) is 15.8. The molecule has 1 saturated heterocycles. The van der Waals surface area contributed by atoms with Crippen LogP contribution in [0.4, 0.5) is 10.2 Å². The number of anilines is 1. The fourth-order valence-corrected chi connectivity index (χ4v) is 3.45. The van der Waals surface area contributed by atoms with Crippen LogP contribution in [0.3, 0.4) is 0 Å². The number of rotatable bonds is 4. The van der Waals surface area contributed by atoms with E-state index in [9.17, 15) is 20.3 Å². The van der Waals surface area contributed by atoms with Gasteiger partial charge >= 0.3 is 5.97 Å². The summed E-state index contributed by atoms with van der Waals surface area (Å²) in [6, 6.07) is 4.68. The van der Waals surface area contributed by atoms with Crippen molar-refractivity contribution in [2.45, 2.75) is 43.9 Å². The first-order chi connectivity index (χ1) is 13.1. The van der Waals surface area contributed by atoms with Gasteiger partial charge in [-0.15, -0.1) is 0 Å². The predicted octanol–water partition coefficient (Wildman–Crippen LogP) is -0.0957. The van der Waals surface area contributed by atoms with Crippen molar-refractivity contribution >= 4 is 17.3 Å². The van der Waals surface area contributed by atoms with Gasteiger partial charge in [0.2, 0.25) is 5.60 Å². The van der Waals surface area contributed by atoms with Crippen LogP contribution in [-0.4, -0.2) is 61.9 Å². The van der Waals surface area contributed by atoms with E-state index >= 15 is 4.39 Å². The van der Waals surface area contributed by atoms with Crippen molar-refractivity contribution in [1.29, 1.82) is 5.26 Å². The van der Waals surface area contributed by atoms with Crippen LogP contribution in [-0.2, 0) is 14.3 Å². The van der Waals surface area contributed by atoms with Gasteiger partial charge in [0.1, 0.15) is 36.2 Å². The summed E-state index contributed by atoms with van der Waals surface area (Å²) < 4.78 is 26.9. The van der Waals surface area contributed by atoms with E-state index in [1.807, 2.05) is 0 Å². The fourth-order valence-electron chi connectivity index (χ4n) is 3.45. The molecule has 0 radical (unpaired) electrons. The number of carbonyl (C=O) groups excluding carboxylic acids is 1. The van der Waals surface area contributed by atoms with E-state index < -0.39 is 41.5 Å². The standard InChI is InChI=1S/C17H20FN5O5/c1-16(2,15(26)27-3)14(18)17(6-19)12(25)10(24)11(28-17)8-4-5-9-13(20)21-7-22-23(8)9/h4-5,7,10-12,14,24-25H,1-3H3,(H2,20,21,22)/t10-,11-,12-,14?,17+/m0/s1. The molecule has 2 aromatic heterocycles. The summed E-state index contributed by atoms with van der Waals surface area (Å²) in [5.41, 5.74) is 2.08. The Morgan fingerprint density at radius 3 is 2.82 bits per heavy atom.